The number of benzene rings is 1. The van der Waals surface area contributed by atoms with E-state index in [-0.39, 0.29) is 30.7 Å². The van der Waals surface area contributed by atoms with Gasteiger partial charge in [0.2, 0.25) is 5.91 Å². The lowest BCUT2D eigenvalue weighted by Gasteiger charge is -2.36. The number of rotatable bonds is 5. The summed E-state index contributed by atoms with van der Waals surface area (Å²) in [4.78, 5) is 16.4. The highest BCUT2D eigenvalue weighted by Gasteiger charge is 2.23. The summed E-state index contributed by atoms with van der Waals surface area (Å²) in [6.07, 6.45) is 2.64. The smallest absolute Gasteiger partial charge is 0.236 e. The van der Waals surface area contributed by atoms with Crippen LogP contribution in [-0.2, 0) is 4.79 Å². The van der Waals surface area contributed by atoms with Gasteiger partial charge in [0, 0.05) is 36.9 Å². The monoisotopic (exact) mass is 379 g/mol. The van der Waals surface area contributed by atoms with Gasteiger partial charge in [-0.15, -0.1) is 24.8 Å². The zero-order valence-corrected chi connectivity index (χ0v) is 15.4. The molecule has 0 bridgehead atoms. The largest absolute Gasteiger partial charge is 0.368 e. The summed E-state index contributed by atoms with van der Waals surface area (Å²) in [5.74, 6) is 1.05. The SMILES string of the molecule is Cl.Cl.O=C(CNCC1CC1)N1CCN(c2ccc(Cl)cc2)CC1. The fourth-order valence-electron chi connectivity index (χ4n) is 2.68. The second-order valence-electron chi connectivity index (χ2n) is 5.92. The Labute approximate surface area is 155 Å². The third kappa shape index (κ3) is 6.03. The number of hydrogen-bond acceptors (Lipinski definition) is 3. The average molecular weight is 381 g/mol. The van der Waals surface area contributed by atoms with Crippen LogP contribution in [0.2, 0.25) is 5.02 Å². The molecule has 0 aromatic heterocycles. The molecule has 1 aliphatic carbocycles. The lowest BCUT2D eigenvalue weighted by molar-refractivity contribution is -0.130. The number of nitrogens with one attached hydrogen (secondary N) is 1. The third-order valence-corrected chi connectivity index (χ3v) is 4.48. The second-order valence-corrected chi connectivity index (χ2v) is 6.35. The molecular formula is C16H24Cl3N3O. The Morgan fingerprint density at radius 2 is 1.70 bits per heavy atom. The Morgan fingerprint density at radius 3 is 2.26 bits per heavy atom. The maximum atomic E-state index is 12.1. The van der Waals surface area contributed by atoms with Gasteiger partial charge in [-0.2, -0.15) is 0 Å². The van der Waals surface area contributed by atoms with Crippen LogP contribution in [0.25, 0.3) is 0 Å². The van der Waals surface area contributed by atoms with Gasteiger partial charge >= 0.3 is 0 Å². The van der Waals surface area contributed by atoms with E-state index in [1.54, 1.807) is 0 Å². The van der Waals surface area contributed by atoms with E-state index in [0.717, 1.165) is 43.7 Å². The lowest BCUT2D eigenvalue weighted by atomic mass is 10.2. The summed E-state index contributed by atoms with van der Waals surface area (Å²) in [6, 6.07) is 7.90. The summed E-state index contributed by atoms with van der Waals surface area (Å²) < 4.78 is 0. The lowest BCUT2D eigenvalue weighted by Crippen LogP contribution is -2.51. The predicted octanol–water partition coefficient (Wildman–Crippen LogP) is 2.83. The molecule has 1 saturated heterocycles. The van der Waals surface area contributed by atoms with Gasteiger partial charge in [0.25, 0.3) is 0 Å². The zero-order valence-electron chi connectivity index (χ0n) is 13.0. The highest BCUT2D eigenvalue weighted by Crippen LogP contribution is 2.27. The van der Waals surface area contributed by atoms with Gasteiger partial charge in [-0.25, -0.2) is 0 Å². The van der Waals surface area contributed by atoms with Crippen LogP contribution in [0.4, 0.5) is 5.69 Å². The van der Waals surface area contributed by atoms with Gasteiger partial charge in [0.15, 0.2) is 0 Å². The number of anilines is 1. The van der Waals surface area contributed by atoms with E-state index in [9.17, 15) is 4.79 Å². The van der Waals surface area contributed by atoms with E-state index in [1.807, 2.05) is 29.2 Å². The van der Waals surface area contributed by atoms with Crippen LogP contribution in [0.5, 0.6) is 0 Å². The molecule has 4 nitrogen and oxygen atoms in total. The quantitative estimate of drug-likeness (QED) is 0.853. The molecule has 2 fully saturated rings. The van der Waals surface area contributed by atoms with Gasteiger partial charge in [-0.1, -0.05) is 11.6 Å². The number of halogens is 3. The fourth-order valence-corrected chi connectivity index (χ4v) is 2.81. The van der Waals surface area contributed by atoms with Crippen LogP contribution in [0.15, 0.2) is 24.3 Å². The van der Waals surface area contributed by atoms with Crippen molar-refractivity contribution >= 4 is 48.0 Å². The van der Waals surface area contributed by atoms with Crippen LogP contribution < -0.4 is 10.2 Å². The summed E-state index contributed by atoms with van der Waals surface area (Å²) in [5, 5.41) is 4.03. The van der Waals surface area contributed by atoms with Crippen LogP contribution in [0, 0.1) is 5.92 Å². The number of piperazine rings is 1. The molecule has 1 aromatic rings. The average Bonchev–Trinajstić information content (AvgIpc) is 3.32. The first-order chi connectivity index (χ1) is 10.2. The molecule has 130 valence electrons. The van der Waals surface area contributed by atoms with Crippen LogP contribution in [0.1, 0.15) is 12.8 Å². The molecule has 0 radical (unpaired) electrons. The van der Waals surface area contributed by atoms with E-state index < -0.39 is 0 Å². The van der Waals surface area contributed by atoms with Crippen molar-refractivity contribution in [2.24, 2.45) is 5.92 Å². The highest BCUT2D eigenvalue weighted by molar-refractivity contribution is 6.30. The van der Waals surface area contributed by atoms with E-state index in [0.29, 0.717) is 6.54 Å². The normalized spacial score (nSPS) is 17.3. The first-order valence-electron chi connectivity index (χ1n) is 7.71. The predicted molar refractivity (Wildman–Crippen MR) is 100 cm³/mol. The van der Waals surface area contributed by atoms with Gasteiger partial charge in [-0.05, 0) is 49.6 Å². The third-order valence-electron chi connectivity index (χ3n) is 4.23. The maximum absolute atomic E-state index is 12.1. The van der Waals surface area contributed by atoms with Crippen molar-refractivity contribution in [3.05, 3.63) is 29.3 Å². The van der Waals surface area contributed by atoms with Crippen molar-refractivity contribution in [3.63, 3.8) is 0 Å². The van der Waals surface area contributed by atoms with Gasteiger partial charge < -0.3 is 15.1 Å². The number of hydrogen-bond donors (Lipinski definition) is 1. The molecule has 1 aromatic carbocycles. The second kappa shape index (κ2) is 9.58. The van der Waals surface area contributed by atoms with Crippen molar-refractivity contribution in [1.29, 1.82) is 0 Å². The Morgan fingerprint density at radius 1 is 1.09 bits per heavy atom. The molecule has 1 amide bonds. The van der Waals surface area contributed by atoms with Gasteiger partial charge in [0.1, 0.15) is 0 Å². The Bertz CT molecular complexity index is 486. The first-order valence-corrected chi connectivity index (χ1v) is 8.09. The molecule has 1 N–H and O–H groups in total. The minimum Gasteiger partial charge on any atom is -0.368 e. The van der Waals surface area contributed by atoms with Crippen molar-refractivity contribution in [2.45, 2.75) is 12.8 Å². The van der Waals surface area contributed by atoms with E-state index >= 15 is 0 Å². The van der Waals surface area contributed by atoms with Crippen LogP contribution >= 0.6 is 36.4 Å². The van der Waals surface area contributed by atoms with E-state index in [1.165, 1.54) is 18.5 Å². The fraction of sp³-hybridized carbons (Fsp3) is 0.562. The highest BCUT2D eigenvalue weighted by atomic mass is 35.5. The van der Waals surface area contributed by atoms with Crippen molar-refractivity contribution in [3.8, 4) is 0 Å². The van der Waals surface area contributed by atoms with Gasteiger partial charge in [0.05, 0.1) is 6.54 Å². The van der Waals surface area contributed by atoms with Crippen molar-refractivity contribution < 1.29 is 4.79 Å². The van der Waals surface area contributed by atoms with Crippen molar-refractivity contribution in [1.82, 2.24) is 10.2 Å². The number of carbonyl (C=O) groups is 1. The van der Waals surface area contributed by atoms with Crippen LogP contribution in [-0.4, -0.2) is 50.1 Å². The van der Waals surface area contributed by atoms with Crippen LogP contribution in [0.3, 0.4) is 0 Å². The minimum atomic E-state index is 0. The molecule has 0 unspecified atom stereocenters. The molecule has 23 heavy (non-hydrogen) atoms. The Kier molecular flexibility index (Phi) is 8.48. The molecule has 1 heterocycles. The van der Waals surface area contributed by atoms with Crippen molar-refractivity contribution in [2.75, 3.05) is 44.2 Å². The number of amides is 1. The minimum absolute atomic E-state index is 0. The Balaban J connectivity index is 0.00000132. The molecule has 1 saturated carbocycles. The standard InChI is InChI=1S/C16H22ClN3O.2ClH/c17-14-3-5-15(6-4-14)19-7-9-20(10-8-19)16(21)12-18-11-13-1-2-13;;/h3-6,13,18H,1-2,7-12H2;2*1H. The molecular weight excluding hydrogens is 357 g/mol. The number of nitrogens with zero attached hydrogens (tertiary/aromatic N) is 2. The molecule has 1 aliphatic heterocycles. The van der Waals surface area contributed by atoms with E-state index in [4.69, 9.17) is 11.6 Å². The molecule has 0 atom stereocenters. The molecule has 7 heteroatoms. The molecule has 0 spiro atoms. The summed E-state index contributed by atoms with van der Waals surface area (Å²) in [6.45, 7) is 4.85. The van der Waals surface area contributed by atoms with Gasteiger partial charge in [-0.3, -0.25) is 4.79 Å². The number of carbonyl (C=O) groups excluding carboxylic acids is 1. The molecule has 2 aliphatic rings. The van der Waals surface area contributed by atoms with E-state index in [2.05, 4.69) is 10.2 Å². The summed E-state index contributed by atoms with van der Waals surface area (Å²) in [7, 11) is 0. The Hall–Kier alpha value is -0.680. The maximum Gasteiger partial charge on any atom is 0.236 e. The summed E-state index contributed by atoms with van der Waals surface area (Å²) in [5.41, 5.74) is 1.18. The first kappa shape index (κ1) is 20.4. The zero-order chi connectivity index (χ0) is 14.7. The summed E-state index contributed by atoms with van der Waals surface area (Å²) >= 11 is 5.91. The molecule has 3 rings (SSSR count). The topological polar surface area (TPSA) is 35.6 Å².